The van der Waals surface area contributed by atoms with Gasteiger partial charge in [-0.15, -0.1) is 0 Å². The van der Waals surface area contributed by atoms with E-state index in [1.165, 1.54) is 0 Å². The Kier molecular flexibility index (Phi) is 150. The van der Waals surface area contributed by atoms with Crippen LogP contribution >= 0.6 is 0 Å². The normalized spacial score (nSPS) is 0. The number of hydrogen-bond donors (Lipinski definition) is 0. The summed E-state index contributed by atoms with van der Waals surface area (Å²) in [4.78, 5) is 0. The van der Waals surface area contributed by atoms with Gasteiger partial charge < -0.3 is 0 Å². The maximum Gasteiger partial charge on any atom is 0.316 e. The van der Waals surface area contributed by atoms with Gasteiger partial charge in [0.2, 0.25) is 0 Å². The van der Waals surface area contributed by atoms with Crippen LogP contribution in [-0.2, 0) is 38.1 Å². The van der Waals surface area contributed by atoms with Gasteiger partial charge in [-0.05, 0) is 0 Å². The van der Waals surface area contributed by atoms with Crippen molar-refractivity contribution in [2.24, 2.45) is 0 Å². The van der Waals surface area contributed by atoms with Crippen molar-refractivity contribution < 1.29 is 79.9 Å². The molecule has 0 aliphatic carbocycles. The van der Waals surface area contributed by atoms with Gasteiger partial charge in [0.05, 0.1) is 0 Å². The summed E-state index contributed by atoms with van der Waals surface area (Å²) < 4.78 is 0. The third-order valence-corrected chi connectivity index (χ3v) is 0. The maximum atomic E-state index is 0. The largest absolute Gasteiger partial charge is 0.316 e. The predicted octanol–water partition coefficient (Wildman–Crippen LogP) is -1.57. The molecule has 0 atom stereocenters. The van der Waals surface area contributed by atoms with Crippen molar-refractivity contribution >= 4 is 74.4 Å². The van der Waals surface area contributed by atoms with E-state index in [9.17, 15) is 0 Å². The molecule has 0 rings (SSSR count). The average Bonchev–Trinajstić information content (AvgIpc) is 0. The Bertz CT molecular complexity index is 11.6. The van der Waals surface area contributed by atoms with Crippen LogP contribution < -0.4 is 0 Å². The van der Waals surface area contributed by atoms with Gasteiger partial charge in [-0.3, -0.25) is 0 Å². The molecule has 5 heteroatoms. The summed E-state index contributed by atoms with van der Waals surface area (Å²) in [5.41, 5.74) is 0. The van der Waals surface area contributed by atoms with E-state index in [4.69, 9.17) is 0 Å². The molecule has 0 aromatic heterocycles. The minimum atomic E-state index is 0. The zero-order valence-corrected chi connectivity index (χ0v) is 8.44. The number of rotatable bonds is 0. The molecule has 0 aliphatic rings. The van der Waals surface area contributed by atoms with Crippen molar-refractivity contribution in [3.05, 3.63) is 0 Å². The molecule has 0 nitrogen and oxygen atoms in total. The van der Waals surface area contributed by atoms with Gasteiger partial charge in [0, 0.05) is 79.9 Å². The summed E-state index contributed by atoms with van der Waals surface area (Å²) in [6.45, 7) is 0. The molecule has 5 heavy (non-hydrogen) atoms. The van der Waals surface area contributed by atoms with Crippen molar-refractivity contribution in [3.8, 4) is 0 Å². The second kappa shape index (κ2) is 23.1. The first-order valence-corrected chi connectivity index (χ1v) is 0. The Morgan fingerprint density at radius 2 is 1.00 bits per heavy atom. The van der Waals surface area contributed by atoms with E-state index in [1.54, 1.807) is 0 Å². The van der Waals surface area contributed by atoms with Crippen LogP contribution in [-0.4, -0.2) is 74.4 Å². The fourth-order valence-corrected chi connectivity index (χ4v) is 0. The summed E-state index contributed by atoms with van der Waals surface area (Å²) in [7, 11) is 0. The molecule has 0 heterocycles. The molecule has 0 spiro atoms. The molecule has 0 unspecified atom stereocenters. The van der Waals surface area contributed by atoms with E-state index in [-0.39, 0.29) is 154 Å². The quantitative estimate of drug-likeness (QED) is 0.395. The molecular formula is H3CeFeKMgW. The molecule has 0 aromatic rings. The monoisotopic (exact) mass is 446 g/mol. The van der Waals surface area contributed by atoms with Crippen molar-refractivity contribution in [1.82, 2.24) is 0 Å². The van der Waals surface area contributed by atoms with Gasteiger partial charge in [0.1, 0.15) is 0 Å². The van der Waals surface area contributed by atoms with Crippen LogP contribution in [0.25, 0.3) is 0 Å². The van der Waals surface area contributed by atoms with Gasteiger partial charge in [0.25, 0.3) is 0 Å². The molecule has 0 bridgehead atoms. The number of hydrogen-bond acceptors (Lipinski definition) is 0. The summed E-state index contributed by atoms with van der Waals surface area (Å²) in [5, 5.41) is 0. The fraction of sp³-hybridized carbons (Fsp3) is 0. The smallest absolute Gasteiger partial charge is 0 e. The van der Waals surface area contributed by atoms with Gasteiger partial charge in [0.15, 0.2) is 0 Å². The molecule has 0 saturated heterocycles. The van der Waals surface area contributed by atoms with Crippen LogP contribution in [0, 0.1) is 41.7 Å². The first kappa shape index (κ1) is 32.4. The van der Waals surface area contributed by atoms with E-state index in [0.29, 0.717) is 0 Å². The summed E-state index contributed by atoms with van der Waals surface area (Å²) >= 11 is 0. The second-order valence-corrected chi connectivity index (χ2v) is 0. The van der Waals surface area contributed by atoms with Gasteiger partial charge in [-0.25, -0.2) is 0 Å². The molecule has 0 saturated carbocycles. The Labute approximate surface area is 149 Å². The molecule has 24 valence electrons. The molecule has 0 aliphatic heterocycles. The van der Waals surface area contributed by atoms with E-state index in [2.05, 4.69) is 0 Å². The fourth-order valence-electron chi connectivity index (χ4n) is 0. The predicted molar refractivity (Wildman–Crippen MR) is 15.7 cm³/mol. The summed E-state index contributed by atoms with van der Waals surface area (Å²) in [6.07, 6.45) is 0. The Morgan fingerprint density at radius 3 is 1.00 bits per heavy atom. The van der Waals surface area contributed by atoms with E-state index in [1.807, 2.05) is 0 Å². The molecule has 0 amide bonds. The van der Waals surface area contributed by atoms with Crippen molar-refractivity contribution in [1.29, 1.82) is 0 Å². The zero-order chi connectivity index (χ0) is 0. The van der Waals surface area contributed by atoms with Crippen molar-refractivity contribution in [2.75, 3.05) is 0 Å². The van der Waals surface area contributed by atoms with Crippen LogP contribution in [0.4, 0.5) is 0 Å². The third kappa shape index (κ3) is 17.6. The Hall–Kier alpha value is 4.99. The summed E-state index contributed by atoms with van der Waals surface area (Å²) in [6, 6.07) is 0. The third-order valence-electron chi connectivity index (χ3n) is 0. The van der Waals surface area contributed by atoms with E-state index in [0.717, 1.165) is 0 Å². The molecule has 0 aromatic carbocycles. The van der Waals surface area contributed by atoms with Gasteiger partial charge >= 0.3 is 74.4 Å². The van der Waals surface area contributed by atoms with Crippen LogP contribution in [0.3, 0.4) is 0 Å². The van der Waals surface area contributed by atoms with E-state index >= 15 is 0 Å². The molecule has 0 fully saturated rings. The zero-order valence-electron chi connectivity index (χ0n) is 1.26. The van der Waals surface area contributed by atoms with Crippen LogP contribution in [0.5, 0.6) is 0 Å². The molecule has 0 radical (unpaired) electrons. The van der Waals surface area contributed by atoms with Crippen LogP contribution in [0.1, 0.15) is 0 Å². The van der Waals surface area contributed by atoms with Gasteiger partial charge in [-0.2, -0.15) is 0 Å². The van der Waals surface area contributed by atoms with Crippen molar-refractivity contribution in [2.45, 2.75) is 0 Å². The van der Waals surface area contributed by atoms with E-state index < -0.39 is 0 Å². The Morgan fingerprint density at radius 1 is 1.00 bits per heavy atom. The Balaban J connectivity index is 0. The standard InChI is InChI=1S/Ce.Fe.K.Mg.W.3H. The van der Waals surface area contributed by atoms with Crippen molar-refractivity contribution in [3.63, 3.8) is 0 Å². The topological polar surface area (TPSA) is 0 Å². The first-order chi connectivity index (χ1) is 0. The summed E-state index contributed by atoms with van der Waals surface area (Å²) in [5.74, 6) is 0. The minimum absolute atomic E-state index is 0. The van der Waals surface area contributed by atoms with Gasteiger partial charge in [-0.1, -0.05) is 0 Å². The minimum Gasteiger partial charge on any atom is 0 e. The second-order valence-electron chi connectivity index (χ2n) is 0. The van der Waals surface area contributed by atoms with Crippen LogP contribution in [0.2, 0.25) is 0 Å². The van der Waals surface area contributed by atoms with Crippen LogP contribution in [0.15, 0.2) is 0 Å². The maximum absolute atomic E-state index is 0. The average molecular weight is 446 g/mol. The molecular weight excluding hydrogens is 443 g/mol. The molecule has 0 N–H and O–H groups in total. The first-order valence-electron chi connectivity index (χ1n) is 0. The SMILES string of the molecule is [Ce].[Fe].[KH].[MgH2].[W].